The van der Waals surface area contributed by atoms with Crippen molar-refractivity contribution in [3.05, 3.63) is 118 Å². The quantitative estimate of drug-likeness (QED) is 0.150. The van der Waals surface area contributed by atoms with Crippen LogP contribution >= 0.6 is 0 Å². The molecule has 0 saturated heterocycles. The van der Waals surface area contributed by atoms with Crippen LogP contribution in [-0.2, 0) is 37.1 Å². The second-order valence-corrected chi connectivity index (χ2v) is 14.7. The fourth-order valence-electron chi connectivity index (χ4n) is 7.17. The molecule has 0 N–H and O–H groups in total. The Morgan fingerprint density at radius 1 is 0.357 bits per heavy atom. The summed E-state index contributed by atoms with van der Waals surface area (Å²) in [5.41, 5.74) is -23.9. The zero-order valence-corrected chi connectivity index (χ0v) is 33.4. The van der Waals surface area contributed by atoms with E-state index in [0.717, 1.165) is 0 Å². The number of hydrogen-bond acceptors (Lipinski definition) is 8. The minimum atomic E-state index is -5.60. The number of aromatic nitrogens is 2. The van der Waals surface area contributed by atoms with Gasteiger partial charge in [0.05, 0.1) is 68.8 Å². The minimum absolute atomic E-state index is 0.0125. The summed E-state index contributed by atoms with van der Waals surface area (Å²) < 4.78 is 268. The molecule has 0 aliphatic rings. The van der Waals surface area contributed by atoms with E-state index in [0.29, 0.717) is 12.1 Å². The Bertz CT molecular complexity index is 3060. The highest BCUT2D eigenvalue weighted by atomic mass is 19.4. The van der Waals surface area contributed by atoms with Crippen LogP contribution in [-0.4, -0.2) is 9.97 Å². The Hall–Kier alpha value is -8.26. The number of alkyl halides is 18. The van der Waals surface area contributed by atoms with Crippen LogP contribution in [0.2, 0.25) is 0 Å². The molecule has 8 nitrogen and oxygen atoms in total. The standard InChI is InChI=1S/C44H14F18N6O2/c45-39(46,47)21-1-3-27(29(11-21)17-5-23(41(51,52)53)9-24(6-17)42(54,55)56)31-33-36(70-37(67-33)19(13-63)14-64)32(34-35(31)69-38(68-34)20(15-65)16-66)28-4-2-22(40(48,49)50)12-30(28)18-7-25(43(57,58)59)10-26(8-18)44(60,61)62/h1-12,19-20H. The second-order valence-electron chi connectivity index (χ2n) is 14.7. The van der Waals surface area contributed by atoms with Gasteiger partial charge in [-0.2, -0.15) is 100 Å². The summed E-state index contributed by atoms with van der Waals surface area (Å²) in [5, 5.41) is 39.2. The molecule has 0 bridgehead atoms. The number of halogens is 18. The minimum Gasteiger partial charge on any atom is -0.437 e. The van der Waals surface area contributed by atoms with Crippen LogP contribution in [0.1, 0.15) is 57.0 Å². The fraction of sp³-hybridized carbons (Fsp3) is 0.182. The zero-order chi connectivity index (χ0) is 51.8. The molecule has 7 rings (SSSR count). The fourth-order valence-corrected chi connectivity index (χ4v) is 7.17. The molecule has 358 valence electrons. The van der Waals surface area contributed by atoms with E-state index in [9.17, 15) is 100 Å². The van der Waals surface area contributed by atoms with E-state index in [1.54, 1.807) is 0 Å². The molecule has 7 aromatic rings. The van der Waals surface area contributed by atoms with E-state index in [4.69, 9.17) is 8.83 Å². The first-order valence-corrected chi connectivity index (χ1v) is 18.7. The van der Waals surface area contributed by atoms with Gasteiger partial charge in [-0.25, -0.2) is 9.97 Å². The highest BCUT2D eigenvalue weighted by molar-refractivity contribution is 6.18. The van der Waals surface area contributed by atoms with E-state index in [-0.39, 0.29) is 60.7 Å². The summed E-state index contributed by atoms with van der Waals surface area (Å²) in [7, 11) is 0. The van der Waals surface area contributed by atoms with Crippen molar-refractivity contribution < 1.29 is 87.9 Å². The van der Waals surface area contributed by atoms with Crippen molar-refractivity contribution in [1.29, 1.82) is 21.0 Å². The van der Waals surface area contributed by atoms with Crippen molar-refractivity contribution in [2.75, 3.05) is 0 Å². The molecule has 0 radical (unpaired) electrons. The summed E-state index contributed by atoms with van der Waals surface area (Å²) >= 11 is 0. The Morgan fingerprint density at radius 2 is 0.629 bits per heavy atom. The molecule has 2 aromatic heterocycles. The Labute approximate surface area is 376 Å². The molecular weight excluding hydrogens is 986 g/mol. The van der Waals surface area contributed by atoms with E-state index in [1.807, 2.05) is 0 Å². The summed E-state index contributed by atoms with van der Waals surface area (Å²) in [6.07, 6.45) is -33.2. The van der Waals surface area contributed by atoms with Gasteiger partial charge in [0, 0.05) is 0 Å². The third-order valence-corrected chi connectivity index (χ3v) is 10.3. The van der Waals surface area contributed by atoms with Gasteiger partial charge in [-0.15, -0.1) is 0 Å². The molecule has 0 spiro atoms. The molecule has 0 amide bonds. The predicted octanol–water partition coefficient (Wildman–Crippen LogP) is 15.0. The third kappa shape index (κ3) is 9.19. The topological polar surface area (TPSA) is 147 Å². The number of oxazole rings is 2. The van der Waals surface area contributed by atoms with Crippen LogP contribution in [0.5, 0.6) is 0 Å². The van der Waals surface area contributed by atoms with Gasteiger partial charge in [0.2, 0.25) is 23.6 Å². The van der Waals surface area contributed by atoms with Gasteiger partial charge in [0.15, 0.2) is 11.2 Å². The molecule has 0 atom stereocenters. The van der Waals surface area contributed by atoms with Crippen LogP contribution < -0.4 is 0 Å². The molecule has 0 fully saturated rings. The summed E-state index contributed by atoms with van der Waals surface area (Å²) in [5.74, 6) is -6.28. The predicted molar refractivity (Wildman–Crippen MR) is 201 cm³/mol. The lowest BCUT2D eigenvalue weighted by molar-refractivity contribution is -0.144. The molecule has 70 heavy (non-hydrogen) atoms. The first-order chi connectivity index (χ1) is 32.3. The molecule has 5 aromatic carbocycles. The largest absolute Gasteiger partial charge is 0.437 e. The molecule has 0 aliphatic heterocycles. The van der Waals surface area contributed by atoms with Gasteiger partial charge in [0.25, 0.3) is 0 Å². The number of fused-ring (bicyclic) bond motifs is 2. The van der Waals surface area contributed by atoms with Crippen LogP contribution in [0.3, 0.4) is 0 Å². The molecule has 0 saturated carbocycles. The van der Waals surface area contributed by atoms with Crippen molar-refractivity contribution in [2.24, 2.45) is 0 Å². The van der Waals surface area contributed by atoms with E-state index < -0.39 is 161 Å². The van der Waals surface area contributed by atoms with Crippen LogP contribution in [0.4, 0.5) is 79.0 Å². The average molecular weight is 1000 g/mol. The van der Waals surface area contributed by atoms with Crippen molar-refractivity contribution in [2.45, 2.75) is 48.9 Å². The molecule has 26 heteroatoms. The molecule has 2 heterocycles. The van der Waals surface area contributed by atoms with E-state index >= 15 is 0 Å². The Balaban J connectivity index is 1.75. The van der Waals surface area contributed by atoms with Gasteiger partial charge in [-0.3, -0.25) is 0 Å². The number of benzene rings is 5. The Kier molecular flexibility index (Phi) is 11.9. The summed E-state index contributed by atoms with van der Waals surface area (Å²) in [4.78, 5) is 8.09. The highest BCUT2D eigenvalue weighted by Gasteiger charge is 2.41. The SMILES string of the molecule is N#CC(C#N)c1nc2c(-c3ccc(C(F)(F)F)cc3-c3cc(C(F)(F)F)cc(C(F)(F)F)c3)c3oc(C(C#N)C#N)nc3c(-c3ccc(C(F)(F)F)cc3-c3cc(C(F)(F)F)cc(C(F)(F)F)c3)c2o1. The first-order valence-electron chi connectivity index (χ1n) is 18.7. The van der Waals surface area contributed by atoms with Crippen molar-refractivity contribution in [3.63, 3.8) is 0 Å². The maximum Gasteiger partial charge on any atom is 0.416 e. The summed E-state index contributed by atoms with van der Waals surface area (Å²) in [6, 6.07) is 6.57. The molecule has 0 unspecified atom stereocenters. The highest BCUT2D eigenvalue weighted by Crippen LogP contribution is 2.52. The maximum atomic E-state index is 14.4. The van der Waals surface area contributed by atoms with Gasteiger partial charge < -0.3 is 8.83 Å². The average Bonchev–Trinajstić information content (AvgIpc) is 3.89. The smallest absolute Gasteiger partial charge is 0.416 e. The van der Waals surface area contributed by atoms with E-state index in [1.165, 1.54) is 24.3 Å². The molecular formula is C44H14F18N6O2. The van der Waals surface area contributed by atoms with Crippen molar-refractivity contribution >= 4 is 22.2 Å². The lowest BCUT2D eigenvalue weighted by Gasteiger charge is -2.19. The zero-order valence-electron chi connectivity index (χ0n) is 33.4. The van der Waals surface area contributed by atoms with Gasteiger partial charge in [-0.1, -0.05) is 12.1 Å². The van der Waals surface area contributed by atoms with Gasteiger partial charge in [-0.05, 0) is 94.0 Å². The second kappa shape index (κ2) is 16.8. The van der Waals surface area contributed by atoms with Crippen LogP contribution in [0.25, 0.3) is 66.7 Å². The lowest BCUT2D eigenvalue weighted by Crippen LogP contribution is -2.11. The monoisotopic (exact) mass is 1000 g/mol. The normalized spacial score (nSPS) is 12.9. The number of rotatable bonds is 6. The lowest BCUT2D eigenvalue weighted by atomic mass is 9.86. The van der Waals surface area contributed by atoms with E-state index in [2.05, 4.69) is 9.97 Å². The molecule has 0 aliphatic carbocycles. The number of nitrogens with zero attached hydrogens (tertiary/aromatic N) is 6. The number of nitriles is 4. The van der Waals surface area contributed by atoms with Crippen molar-refractivity contribution in [3.8, 4) is 68.8 Å². The Morgan fingerprint density at radius 3 is 0.871 bits per heavy atom. The third-order valence-electron chi connectivity index (χ3n) is 10.3. The maximum absolute atomic E-state index is 14.4. The van der Waals surface area contributed by atoms with Gasteiger partial charge in [0.1, 0.15) is 11.0 Å². The number of hydrogen-bond donors (Lipinski definition) is 0. The van der Waals surface area contributed by atoms with Crippen molar-refractivity contribution in [1.82, 2.24) is 9.97 Å². The van der Waals surface area contributed by atoms with Crippen LogP contribution in [0.15, 0.2) is 81.6 Å². The summed E-state index contributed by atoms with van der Waals surface area (Å²) in [6.45, 7) is 0. The van der Waals surface area contributed by atoms with Gasteiger partial charge >= 0.3 is 37.1 Å². The van der Waals surface area contributed by atoms with Crippen LogP contribution in [0, 0.1) is 45.3 Å². The first kappa shape index (κ1) is 49.6.